The van der Waals surface area contributed by atoms with Crippen molar-refractivity contribution in [3.63, 3.8) is 0 Å². The Morgan fingerprint density at radius 3 is 2.64 bits per heavy atom. The van der Waals surface area contributed by atoms with Gasteiger partial charge in [0.1, 0.15) is 5.75 Å². The van der Waals surface area contributed by atoms with Gasteiger partial charge in [0.25, 0.3) is 5.91 Å². The Bertz CT molecular complexity index is 852. The second-order valence-electron chi connectivity index (χ2n) is 8.12. The van der Waals surface area contributed by atoms with E-state index in [1.165, 1.54) is 25.9 Å². The number of hydrogen-bond acceptors (Lipinski definition) is 3. The van der Waals surface area contributed by atoms with Crippen molar-refractivity contribution in [1.82, 2.24) is 14.4 Å². The average Bonchev–Trinajstić information content (AvgIpc) is 3.43. The topological polar surface area (TPSA) is 37.7 Å². The summed E-state index contributed by atoms with van der Waals surface area (Å²) in [6, 6.07) is 10.4. The van der Waals surface area contributed by atoms with Gasteiger partial charge in [0.05, 0.1) is 12.7 Å². The van der Waals surface area contributed by atoms with Crippen molar-refractivity contribution in [3.05, 3.63) is 47.3 Å². The molecule has 1 unspecified atom stereocenters. The van der Waals surface area contributed by atoms with E-state index in [4.69, 9.17) is 4.74 Å². The van der Waals surface area contributed by atoms with E-state index in [0.717, 1.165) is 54.3 Å². The normalized spacial score (nSPS) is 20.1. The number of aryl methyl sites for hydroxylation is 1. The fourth-order valence-corrected chi connectivity index (χ4v) is 4.84. The van der Waals surface area contributed by atoms with Crippen LogP contribution in [0.5, 0.6) is 5.75 Å². The maximum absolute atomic E-state index is 13.4. The number of carbonyl (C=O) groups is 1. The Kier molecular flexibility index (Phi) is 5.44. The van der Waals surface area contributed by atoms with Crippen molar-refractivity contribution in [2.24, 2.45) is 0 Å². The van der Waals surface area contributed by atoms with E-state index in [0.29, 0.717) is 6.04 Å². The molecule has 0 radical (unpaired) electrons. The van der Waals surface area contributed by atoms with Crippen LogP contribution >= 0.6 is 0 Å². The second-order valence-corrected chi connectivity index (χ2v) is 8.12. The molecule has 0 bridgehead atoms. The first-order valence-electron chi connectivity index (χ1n) is 10.4. The van der Waals surface area contributed by atoms with Gasteiger partial charge in [-0.1, -0.05) is 6.07 Å². The van der Waals surface area contributed by atoms with Crippen molar-refractivity contribution in [3.8, 4) is 11.4 Å². The molecule has 2 aliphatic rings. The first-order chi connectivity index (χ1) is 13.6. The molecule has 1 aromatic carbocycles. The number of amides is 1. The molecule has 2 saturated heterocycles. The van der Waals surface area contributed by atoms with Gasteiger partial charge in [-0.05, 0) is 70.8 Å². The van der Waals surface area contributed by atoms with Gasteiger partial charge in [0.15, 0.2) is 0 Å². The van der Waals surface area contributed by atoms with Gasteiger partial charge < -0.3 is 19.1 Å². The van der Waals surface area contributed by atoms with Gasteiger partial charge in [0.2, 0.25) is 0 Å². The predicted octanol–water partition coefficient (Wildman–Crippen LogP) is 3.80. The first kappa shape index (κ1) is 19.1. The molecule has 2 aliphatic heterocycles. The molecule has 0 N–H and O–H groups in total. The van der Waals surface area contributed by atoms with Gasteiger partial charge in [0, 0.05) is 42.3 Å². The highest BCUT2D eigenvalue weighted by atomic mass is 16.5. The van der Waals surface area contributed by atoms with Crippen molar-refractivity contribution in [1.29, 1.82) is 0 Å². The van der Waals surface area contributed by atoms with Crippen LogP contribution in [0.2, 0.25) is 0 Å². The van der Waals surface area contributed by atoms with Crippen LogP contribution in [0.1, 0.15) is 47.4 Å². The molecule has 3 heterocycles. The number of nitrogens with zero attached hydrogens (tertiary/aromatic N) is 3. The molecule has 1 amide bonds. The highest BCUT2D eigenvalue weighted by Crippen LogP contribution is 2.28. The molecule has 1 atom stereocenters. The Labute approximate surface area is 167 Å². The van der Waals surface area contributed by atoms with Crippen LogP contribution in [0, 0.1) is 13.8 Å². The summed E-state index contributed by atoms with van der Waals surface area (Å²) in [5.41, 5.74) is 3.93. The van der Waals surface area contributed by atoms with Crippen LogP contribution in [0.3, 0.4) is 0 Å². The molecule has 1 aromatic heterocycles. The molecule has 150 valence electrons. The zero-order chi connectivity index (χ0) is 19.7. The van der Waals surface area contributed by atoms with Crippen LogP contribution in [-0.4, -0.2) is 59.6 Å². The zero-order valence-corrected chi connectivity index (χ0v) is 17.3. The van der Waals surface area contributed by atoms with Gasteiger partial charge in [-0.15, -0.1) is 0 Å². The number of rotatable bonds is 5. The number of aromatic nitrogens is 1. The van der Waals surface area contributed by atoms with Crippen molar-refractivity contribution < 1.29 is 9.53 Å². The molecular formula is C23H31N3O2. The van der Waals surface area contributed by atoms with E-state index in [2.05, 4.69) is 27.4 Å². The van der Waals surface area contributed by atoms with Crippen LogP contribution in [0.15, 0.2) is 30.3 Å². The largest absolute Gasteiger partial charge is 0.497 e. The van der Waals surface area contributed by atoms with Crippen molar-refractivity contribution in [2.75, 3.05) is 33.3 Å². The number of likely N-dealkylation sites (tertiary alicyclic amines) is 2. The third kappa shape index (κ3) is 3.55. The summed E-state index contributed by atoms with van der Waals surface area (Å²) in [5.74, 6) is 1.01. The molecule has 2 aromatic rings. The van der Waals surface area contributed by atoms with E-state index in [-0.39, 0.29) is 5.91 Å². The zero-order valence-electron chi connectivity index (χ0n) is 17.3. The highest BCUT2D eigenvalue weighted by Gasteiger charge is 2.33. The number of methoxy groups -OCH3 is 1. The summed E-state index contributed by atoms with van der Waals surface area (Å²) >= 11 is 0. The molecule has 4 rings (SSSR count). The molecule has 0 spiro atoms. The third-order valence-corrected chi connectivity index (χ3v) is 6.28. The van der Waals surface area contributed by atoms with E-state index in [1.807, 2.05) is 31.2 Å². The van der Waals surface area contributed by atoms with E-state index in [9.17, 15) is 4.79 Å². The summed E-state index contributed by atoms with van der Waals surface area (Å²) in [4.78, 5) is 18.1. The number of ether oxygens (including phenoxy) is 1. The van der Waals surface area contributed by atoms with Gasteiger partial charge >= 0.3 is 0 Å². The lowest BCUT2D eigenvalue weighted by Crippen LogP contribution is -2.42. The maximum Gasteiger partial charge on any atom is 0.255 e. The van der Waals surface area contributed by atoms with E-state index < -0.39 is 0 Å². The molecule has 2 fully saturated rings. The van der Waals surface area contributed by atoms with E-state index in [1.54, 1.807) is 7.11 Å². The van der Waals surface area contributed by atoms with Gasteiger partial charge in [-0.25, -0.2) is 0 Å². The Morgan fingerprint density at radius 1 is 1.11 bits per heavy atom. The van der Waals surface area contributed by atoms with Crippen LogP contribution in [0.4, 0.5) is 0 Å². The Morgan fingerprint density at radius 2 is 1.89 bits per heavy atom. The molecule has 28 heavy (non-hydrogen) atoms. The third-order valence-electron chi connectivity index (χ3n) is 6.28. The maximum atomic E-state index is 13.4. The lowest BCUT2D eigenvalue weighted by molar-refractivity contribution is 0.0708. The molecule has 0 saturated carbocycles. The lowest BCUT2D eigenvalue weighted by atomic mass is 10.1. The fraction of sp³-hybridized carbons (Fsp3) is 0.522. The molecular weight excluding hydrogens is 350 g/mol. The summed E-state index contributed by atoms with van der Waals surface area (Å²) < 4.78 is 7.53. The minimum Gasteiger partial charge on any atom is -0.497 e. The Balaban J connectivity index is 1.59. The van der Waals surface area contributed by atoms with Gasteiger partial charge in [-0.3, -0.25) is 4.79 Å². The number of hydrogen-bond donors (Lipinski definition) is 0. The standard InChI is InChI=1S/C23H31N3O2/c1-17-14-22(18(2)26(17)19-8-6-10-21(15-19)28-3)23(27)25-13-7-9-20(25)16-24-11-4-5-12-24/h6,8,10,14-15,20H,4-5,7,9,11-13,16H2,1-3H3. The fourth-order valence-electron chi connectivity index (χ4n) is 4.84. The molecule has 5 heteroatoms. The van der Waals surface area contributed by atoms with Gasteiger partial charge in [-0.2, -0.15) is 0 Å². The Hall–Kier alpha value is -2.27. The van der Waals surface area contributed by atoms with E-state index >= 15 is 0 Å². The number of benzene rings is 1. The summed E-state index contributed by atoms with van der Waals surface area (Å²) in [6.45, 7) is 8.38. The summed E-state index contributed by atoms with van der Waals surface area (Å²) in [7, 11) is 1.68. The lowest BCUT2D eigenvalue weighted by Gasteiger charge is -2.28. The SMILES string of the molecule is COc1cccc(-n2c(C)cc(C(=O)N3CCCC3CN3CCCC3)c2C)c1. The minimum atomic E-state index is 0.184. The quantitative estimate of drug-likeness (QED) is 0.791. The van der Waals surface area contributed by atoms with Crippen LogP contribution in [0.25, 0.3) is 5.69 Å². The molecule has 0 aliphatic carbocycles. The average molecular weight is 382 g/mol. The summed E-state index contributed by atoms with van der Waals surface area (Å²) in [5, 5.41) is 0. The highest BCUT2D eigenvalue weighted by molar-refractivity contribution is 5.96. The summed E-state index contributed by atoms with van der Waals surface area (Å²) in [6.07, 6.45) is 4.82. The molecule has 5 nitrogen and oxygen atoms in total. The van der Waals surface area contributed by atoms with Crippen LogP contribution < -0.4 is 4.74 Å². The smallest absolute Gasteiger partial charge is 0.255 e. The predicted molar refractivity (Wildman–Crippen MR) is 112 cm³/mol. The minimum absolute atomic E-state index is 0.184. The van der Waals surface area contributed by atoms with Crippen LogP contribution in [-0.2, 0) is 0 Å². The first-order valence-corrected chi connectivity index (χ1v) is 10.4. The van der Waals surface area contributed by atoms with Crippen molar-refractivity contribution >= 4 is 5.91 Å². The van der Waals surface area contributed by atoms with Crippen molar-refractivity contribution in [2.45, 2.75) is 45.6 Å². The monoisotopic (exact) mass is 381 g/mol. The number of carbonyl (C=O) groups excluding carboxylic acids is 1. The second kappa shape index (κ2) is 8.00.